The van der Waals surface area contributed by atoms with Crippen LogP contribution in [0.25, 0.3) is 0 Å². The number of hydrogen-bond acceptors (Lipinski definition) is 3. The number of carbonyl (C=O) groups excluding carboxylic acids is 1. The first-order valence-corrected chi connectivity index (χ1v) is 7.40. The van der Waals surface area contributed by atoms with Gasteiger partial charge in [0.25, 0.3) is 0 Å². The zero-order chi connectivity index (χ0) is 13.6. The molecule has 0 aromatic heterocycles. The van der Waals surface area contributed by atoms with Crippen LogP contribution in [-0.4, -0.2) is 25.8 Å². The molecule has 0 heterocycles. The van der Waals surface area contributed by atoms with Crippen LogP contribution in [0, 0.1) is 5.92 Å². The second-order valence-electron chi connectivity index (χ2n) is 5.12. The van der Waals surface area contributed by atoms with Crippen molar-refractivity contribution in [1.29, 1.82) is 0 Å². The summed E-state index contributed by atoms with van der Waals surface area (Å²) in [4.78, 5) is 11.4. The Balaban J connectivity index is 3.17. The molecular formula is C15H30O3. The van der Waals surface area contributed by atoms with E-state index in [4.69, 9.17) is 9.47 Å². The third-order valence-corrected chi connectivity index (χ3v) is 2.81. The van der Waals surface area contributed by atoms with Gasteiger partial charge in [-0.2, -0.15) is 0 Å². The van der Waals surface area contributed by atoms with Crippen molar-refractivity contribution >= 4 is 5.97 Å². The Hall–Kier alpha value is -0.570. The molecule has 3 heteroatoms. The number of carbonyl (C=O) groups is 1. The zero-order valence-corrected chi connectivity index (χ0v) is 12.4. The molecule has 18 heavy (non-hydrogen) atoms. The zero-order valence-electron chi connectivity index (χ0n) is 12.4. The Morgan fingerprint density at radius 2 is 1.72 bits per heavy atom. The summed E-state index contributed by atoms with van der Waals surface area (Å²) >= 11 is 0. The van der Waals surface area contributed by atoms with Crippen molar-refractivity contribution in [2.75, 3.05) is 19.8 Å². The molecule has 0 fully saturated rings. The van der Waals surface area contributed by atoms with Gasteiger partial charge in [-0.1, -0.05) is 26.7 Å². The molecule has 0 saturated carbocycles. The van der Waals surface area contributed by atoms with Gasteiger partial charge >= 0.3 is 5.97 Å². The lowest BCUT2D eigenvalue weighted by molar-refractivity contribution is -0.143. The number of unbranched alkanes of at least 4 members (excludes halogenated alkanes) is 3. The van der Waals surface area contributed by atoms with E-state index in [2.05, 4.69) is 13.8 Å². The Labute approximate surface area is 112 Å². The molecular weight excluding hydrogens is 228 g/mol. The summed E-state index contributed by atoms with van der Waals surface area (Å²) in [5.74, 6) is 0.696. The van der Waals surface area contributed by atoms with E-state index in [0.29, 0.717) is 13.0 Å². The standard InChI is InChI=1S/C15H30O3/c1-4-17-12-8-5-6-11-15(16)18-13-9-7-10-14(2)3/h14H,4-13H2,1-3H3. The van der Waals surface area contributed by atoms with Crippen LogP contribution in [0.2, 0.25) is 0 Å². The maximum atomic E-state index is 11.4. The third-order valence-electron chi connectivity index (χ3n) is 2.81. The van der Waals surface area contributed by atoms with E-state index >= 15 is 0 Å². The molecule has 0 N–H and O–H groups in total. The van der Waals surface area contributed by atoms with Crippen molar-refractivity contribution in [3.8, 4) is 0 Å². The molecule has 108 valence electrons. The van der Waals surface area contributed by atoms with E-state index in [-0.39, 0.29) is 5.97 Å². The predicted octanol–water partition coefficient (Wildman–Crippen LogP) is 3.95. The second kappa shape index (κ2) is 12.9. The van der Waals surface area contributed by atoms with Gasteiger partial charge in [-0.05, 0) is 38.5 Å². The fraction of sp³-hybridized carbons (Fsp3) is 0.933. The molecule has 0 saturated heterocycles. The first kappa shape index (κ1) is 17.4. The van der Waals surface area contributed by atoms with Crippen molar-refractivity contribution in [1.82, 2.24) is 0 Å². The Morgan fingerprint density at radius 3 is 2.39 bits per heavy atom. The quantitative estimate of drug-likeness (QED) is 0.393. The van der Waals surface area contributed by atoms with E-state index in [1.807, 2.05) is 6.92 Å². The number of hydrogen-bond donors (Lipinski definition) is 0. The normalized spacial score (nSPS) is 10.9. The molecule has 0 unspecified atom stereocenters. The van der Waals surface area contributed by atoms with Crippen LogP contribution < -0.4 is 0 Å². The van der Waals surface area contributed by atoms with E-state index in [0.717, 1.165) is 51.2 Å². The van der Waals surface area contributed by atoms with E-state index < -0.39 is 0 Å². The van der Waals surface area contributed by atoms with Gasteiger partial charge in [0, 0.05) is 19.6 Å². The summed E-state index contributed by atoms with van der Waals surface area (Å²) in [7, 11) is 0. The molecule has 0 aliphatic heterocycles. The lowest BCUT2D eigenvalue weighted by Gasteiger charge is -2.06. The van der Waals surface area contributed by atoms with Gasteiger partial charge in [-0.15, -0.1) is 0 Å². The third kappa shape index (κ3) is 13.5. The molecule has 0 aromatic rings. The summed E-state index contributed by atoms with van der Waals surface area (Å²) in [6.45, 7) is 8.60. The summed E-state index contributed by atoms with van der Waals surface area (Å²) in [5, 5.41) is 0. The minimum absolute atomic E-state index is 0.0454. The van der Waals surface area contributed by atoms with Crippen LogP contribution in [0.1, 0.15) is 65.7 Å². The fourth-order valence-corrected chi connectivity index (χ4v) is 1.71. The topological polar surface area (TPSA) is 35.5 Å². The first-order valence-electron chi connectivity index (χ1n) is 7.40. The van der Waals surface area contributed by atoms with Crippen molar-refractivity contribution < 1.29 is 14.3 Å². The summed E-state index contributed by atoms with van der Waals surface area (Å²) < 4.78 is 10.4. The molecule has 0 spiro atoms. The molecule has 0 aromatic carbocycles. The van der Waals surface area contributed by atoms with E-state index in [1.165, 1.54) is 6.42 Å². The minimum atomic E-state index is -0.0454. The molecule has 0 bridgehead atoms. The first-order chi connectivity index (χ1) is 8.66. The second-order valence-corrected chi connectivity index (χ2v) is 5.12. The average Bonchev–Trinajstić information content (AvgIpc) is 2.33. The van der Waals surface area contributed by atoms with Gasteiger partial charge in [-0.3, -0.25) is 4.79 Å². The van der Waals surface area contributed by atoms with E-state index in [9.17, 15) is 4.79 Å². The van der Waals surface area contributed by atoms with Crippen LogP contribution in [-0.2, 0) is 14.3 Å². The van der Waals surface area contributed by atoms with Crippen LogP contribution in [0.15, 0.2) is 0 Å². The van der Waals surface area contributed by atoms with Gasteiger partial charge < -0.3 is 9.47 Å². The summed E-state index contributed by atoms with van der Waals surface area (Å²) in [6.07, 6.45) is 6.91. The van der Waals surface area contributed by atoms with Crippen molar-refractivity contribution in [2.45, 2.75) is 65.7 Å². The lowest BCUT2D eigenvalue weighted by Crippen LogP contribution is -2.06. The van der Waals surface area contributed by atoms with Gasteiger partial charge in [0.05, 0.1) is 6.61 Å². The maximum absolute atomic E-state index is 11.4. The highest BCUT2D eigenvalue weighted by Gasteiger charge is 2.02. The molecule has 0 atom stereocenters. The van der Waals surface area contributed by atoms with Crippen LogP contribution in [0.4, 0.5) is 0 Å². The highest BCUT2D eigenvalue weighted by molar-refractivity contribution is 5.69. The number of esters is 1. The average molecular weight is 258 g/mol. The number of rotatable bonds is 12. The molecule has 0 aliphatic rings. The smallest absolute Gasteiger partial charge is 0.305 e. The largest absolute Gasteiger partial charge is 0.466 e. The molecule has 0 radical (unpaired) electrons. The van der Waals surface area contributed by atoms with Crippen molar-refractivity contribution in [3.05, 3.63) is 0 Å². The lowest BCUT2D eigenvalue weighted by atomic mass is 10.1. The number of ether oxygens (including phenoxy) is 2. The van der Waals surface area contributed by atoms with Gasteiger partial charge in [-0.25, -0.2) is 0 Å². The van der Waals surface area contributed by atoms with Crippen molar-refractivity contribution in [3.63, 3.8) is 0 Å². The van der Waals surface area contributed by atoms with Crippen molar-refractivity contribution in [2.24, 2.45) is 5.92 Å². The van der Waals surface area contributed by atoms with Crippen LogP contribution >= 0.6 is 0 Å². The van der Waals surface area contributed by atoms with Gasteiger partial charge in [0.1, 0.15) is 0 Å². The predicted molar refractivity (Wildman–Crippen MR) is 74.6 cm³/mol. The molecule has 3 nitrogen and oxygen atoms in total. The van der Waals surface area contributed by atoms with Gasteiger partial charge in [0.2, 0.25) is 0 Å². The highest BCUT2D eigenvalue weighted by Crippen LogP contribution is 2.07. The summed E-state index contributed by atoms with van der Waals surface area (Å²) in [6, 6.07) is 0. The monoisotopic (exact) mass is 258 g/mol. The molecule has 0 aliphatic carbocycles. The van der Waals surface area contributed by atoms with E-state index in [1.54, 1.807) is 0 Å². The molecule has 0 rings (SSSR count). The molecule has 0 amide bonds. The minimum Gasteiger partial charge on any atom is -0.466 e. The van der Waals surface area contributed by atoms with Crippen LogP contribution in [0.5, 0.6) is 0 Å². The summed E-state index contributed by atoms with van der Waals surface area (Å²) in [5.41, 5.74) is 0. The SMILES string of the molecule is CCOCCCCCC(=O)OCCCCC(C)C. The highest BCUT2D eigenvalue weighted by atomic mass is 16.5. The fourth-order valence-electron chi connectivity index (χ4n) is 1.71. The maximum Gasteiger partial charge on any atom is 0.305 e. The Kier molecular flexibility index (Phi) is 12.5. The Morgan fingerprint density at radius 1 is 1.00 bits per heavy atom. The van der Waals surface area contributed by atoms with Gasteiger partial charge in [0.15, 0.2) is 0 Å². The van der Waals surface area contributed by atoms with Crippen LogP contribution in [0.3, 0.4) is 0 Å². The Bertz CT molecular complexity index is 190.